The van der Waals surface area contributed by atoms with Crippen LogP contribution in [-0.2, 0) is 6.18 Å². The third kappa shape index (κ3) is 3.88. The molecule has 2 rings (SSSR count). The second-order valence-corrected chi connectivity index (χ2v) is 5.08. The summed E-state index contributed by atoms with van der Waals surface area (Å²) in [5.74, 6) is -0.766. The molecular formula is C14H16F3NO2. The number of benzene rings is 1. The first kappa shape index (κ1) is 14.7. The number of alkyl halides is 3. The highest BCUT2D eigenvalue weighted by Crippen LogP contribution is 2.34. The first-order valence-electron chi connectivity index (χ1n) is 6.56. The Balaban J connectivity index is 2.02. The normalized spacial score (nSPS) is 15.2. The lowest BCUT2D eigenvalue weighted by molar-refractivity contribution is -0.138. The quantitative estimate of drug-likeness (QED) is 0.777. The van der Waals surface area contributed by atoms with E-state index in [2.05, 4.69) is 5.32 Å². The van der Waals surface area contributed by atoms with Gasteiger partial charge in [-0.3, -0.25) is 0 Å². The number of halogens is 3. The number of nitrogens with one attached hydrogen (secondary N) is 1. The summed E-state index contributed by atoms with van der Waals surface area (Å²) < 4.78 is 38.0. The number of carboxylic acid groups (broad SMARTS) is 1. The molecule has 1 fully saturated rings. The molecule has 1 aliphatic rings. The van der Waals surface area contributed by atoms with Crippen LogP contribution in [0.1, 0.15) is 41.6 Å². The summed E-state index contributed by atoms with van der Waals surface area (Å²) in [6, 6.07) is 3.13. The Morgan fingerprint density at radius 3 is 2.60 bits per heavy atom. The van der Waals surface area contributed by atoms with Crippen LogP contribution in [0.3, 0.4) is 0 Å². The molecule has 0 bridgehead atoms. The predicted molar refractivity (Wildman–Crippen MR) is 68.9 cm³/mol. The van der Waals surface area contributed by atoms with Crippen LogP contribution >= 0.6 is 0 Å². The maximum absolute atomic E-state index is 12.7. The van der Waals surface area contributed by atoms with Gasteiger partial charge in [0.2, 0.25) is 0 Å². The molecule has 0 amide bonds. The molecule has 1 aliphatic carbocycles. The highest BCUT2D eigenvalue weighted by Gasteiger charge is 2.35. The third-order valence-electron chi connectivity index (χ3n) is 3.37. The summed E-state index contributed by atoms with van der Waals surface area (Å²) in [5.41, 5.74) is -1.43. The number of rotatable bonds is 6. The molecule has 6 heteroatoms. The van der Waals surface area contributed by atoms with Crippen molar-refractivity contribution in [2.75, 3.05) is 11.9 Å². The van der Waals surface area contributed by atoms with Crippen LogP contribution in [0.25, 0.3) is 0 Å². The van der Waals surface area contributed by atoms with Crippen LogP contribution in [0.2, 0.25) is 0 Å². The standard InChI is InChI=1S/C14H16F3NO2/c15-14(16,17)12-6-5-10(8-11(12)13(19)20)18-7-1-2-9-3-4-9/h5-6,8-9,18H,1-4,7H2,(H,19,20). The maximum Gasteiger partial charge on any atom is 0.417 e. The second kappa shape index (κ2) is 5.73. The summed E-state index contributed by atoms with van der Waals surface area (Å²) >= 11 is 0. The molecule has 0 radical (unpaired) electrons. The lowest BCUT2D eigenvalue weighted by atomic mass is 10.1. The van der Waals surface area contributed by atoms with Gasteiger partial charge in [0.15, 0.2) is 0 Å². The minimum atomic E-state index is -4.65. The van der Waals surface area contributed by atoms with E-state index in [-0.39, 0.29) is 0 Å². The summed E-state index contributed by atoms with van der Waals surface area (Å²) in [7, 11) is 0. The average molecular weight is 287 g/mol. The van der Waals surface area contributed by atoms with Gasteiger partial charge in [-0.1, -0.05) is 12.8 Å². The molecule has 20 heavy (non-hydrogen) atoms. The first-order chi connectivity index (χ1) is 9.38. The Kier molecular flexibility index (Phi) is 4.20. The molecule has 2 N–H and O–H groups in total. The number of carbonyl (C=O) groups is 1. The lowest BCUT2D eigenvalue weighted by Crippen LogP contribution is -2.13. The molecule has 1 saturated carbocycles. The first-order valence-corrected chi connectivity index (χ1v) is 6.56. The van der Waals surface area contributed by atoms with Gasteiger partial charge in [-0.15, -0.1) is 0 Å². The Bertz CT molecular complexity index is 496. The fraction of sp³-hybridized carbons (Fsp3) is 0.500. The minimum Gasteiger partial charge on any atom is -0.478 e. The fourth-order valence-electron chi connectivity index (χ4n) is 2.11. The Morgan fingerprint density at radius 2 is 2.05 bits per heavy atom. The van der Waals surface area contributed by atoms with Gasteiger partial charge in [0.25, 0.3) is 0 Å². The molecule has 0 aliphatic heterocycles. The van der Waals surface area contributed by atoms with Crippen LogP contribution in [0.5, 0.6) is 0 Å². The molecule has 0 atom stereocenters. The zero-order chi connectivity index (χ0) is 14.8. The third-order valence-corrected chi connectivity index (χ3v) is 3.37. The van der Waals surface area contributed by atoms with Crippen molar-refractivity contribution < 1.29 is 23.1 Å². The van der Waals surface area contributed by atoms with Crippen molar-refractivity contribution in [3.63, 3.8) is 0 Å². The van der Waals surface area contributed by atoms with E-state index in [1.165, 1.54) is 18.9 Å². The molecule has 0 unspecified atom stereocenters. The number of carboxylic acids is 1. The Labute approximate surface area is 114 Å². The predicted octanol–water partition coefficient (Wildman–Crippen LogP) is 4.01. The number of aromatic carboxylic acids is 1. The summed E-state index contributed by atoms with van der Waals surface area (Å²) in [6.07, 6.45) is -0.0708. The molecule has 0 aromatic heterocycles. The van der Waals surface area contributed by atoms with Gasteiger partial charge in [-0.25, -0.2) is 4.79 Å². The van der Waals surface area contributed by atoms with E-state index in [1.54, 1.807) is 0 Å². The highest BCUT2D eigenvalue weighted by molar-refractivity contribution is 5.91. The van der Waals surface area contributed by atoms with Crippen molar-refractivity contribution in [1.29, 1.82) is 0 Å². The summed E-state index contributed by atoms with van der Waals surface area (Å²) in [4.78, 5) is 10.9. The number of hydrogen-bond donors (Lipinski definition) is 2. The van der Waals surface area contributed by atoms with Gasteiger partial charge in [-0.05, 0) is 37.0 Å². The molecule has 110 valence electrons. The molecule has 0 saturated heterocycles. The van der Waals surface area contributed by atoms with E-state index < -0.39 is 23.3 Å². The smallest absolute Gasteiger partial charge is 0.417 e. The molecule has 1 aromatic rings. The van der Waals surface area contributed by atoms with E-state index in [0.717, 1.165) is 30.9 Å². The topological polar surface area (TPSA) is 49.3 Å². The van der Waals surface area contributed by atoms with E-state index in [0.29, 0.717) is 12.2 Å². The Hall–Kier alpha value is -1.72. The van der Waals surface area contributed by atoms with Crippen LogP contribution in [0, 0.1) is 5.92 Å². The van der Waals surface area contributed by atoms with E-state index in [9.17, 15) is 18.0 Å². The van der Waals surface area contributed by atoms with Gasteiger partial charge >= 0.3 is 12.1 Å². The lowest BCUT2D eigenvalue weighted by Gasteiger charge is -2.13. The van der Waals surface area contributed by atoms with Crippen molar-refractivity contribution >= 4 is 11.7 Å². The van der Waals surface area contributed by atoms with Crippen LogP contribution in [-0.4, -0.2) is 17.6 Å². The minimum absolute atomic E-state index is 0.409. The van der Waals surface area contributed by atoms with Crippen LogP contribution < -0.4 is 5.32 Å². The highest BCUT2D eigenvalue weighted by atomic mass is 19.4. The molecule has 0 heterocycles. The van der Waals surface area contributed by atoms with Crippen molar-refractivity contribution in [1.82, 2.24) is 0 Å². The van der Waals surface area contributed by atoms with E-state index >= 15 is 0 Å². The van der Waals surface area contributed by atoms with Crippen LogP contribution in [0.4, 0.5) is 18.9 Å². The zero-order valence-electron chi connectivity index (χ0n) is 10.8. The molecule has 1 aromatic carbocycles. The zero-order valence-corrected chi connectivity index (χ0v) is 10.8. The van der Waals surface area contributed by atoms with Gasteiger partial charge < -0.3 is 10.4 Å². The van der Waals surface area contributed by atoms with Gasteiger partial charge in [0, 0.05) is 12.2 Å². The second-order valence-electron chi connectivity index (χ2n) is 5.08. The molecule has 3 nitrogen and oxygen atoms in total. The van der Waals surface area contributed by atoms with Gasteiger partial charge in [0.05, 0.1) is 11.1 Å². The summed E-state index contributed by atoms with van der Waals surface area (Å²) in [6.45, 7) is 0.640. The van der Waals surface area contributed by atoms with Gasteiger partial charge in [0.1, 0.15) is 0 Å². The fourth-order valence-corrected chi connectivity index (χ4v) is 2.11. The van der Waals surface area contributed by atoms with Crippen molar-refractivity contribution in [2.45, 2.75) is 31.9 Å². The van der Waals surface area contributed by atoms with Crippen molar-refractivity contribution in [3.05, 3.63) is 29.3 Å². The molecule has 0 spiro atoms. The largest absolute Gasteiger partial charge is 0.478 e. The van der Waals surface area contributed by atoms with Crippen LogP contribution in [0.15, 0.2) is 18.2 Å². The molecular weight excluding hydrogens is 271 g/mol. The van der Waals surface area contributed by atoms with E-state index in [4.69, 9.17) is 5.11 Å². The monoisotopic (exact) mass is 287 g/mol. The number of anilines is 1. The van der Waals surface area contributed by atoms with Crippen molar-refractivity contribution in [2.24, 2.45) is 5.92 Å². The SMILES string of the molecule is O=C(O)c1cc(NCCCC2CC2)ccc1C(F)(F)F. The van der Waals surface area contributed by atoms with Crippen molar-refractivity contribution in [3.8, 4) is 0 Å². The van der Waals surface area contributed by atoms with E-state index in [1.807, 2.05) is 0 Å². The maximum atomic E-state index is 12.7. The van der Waals surface area contributed by atoms with Gasteiger partial charge in [-0.2, -0.15) is 13.2 Å². The number of hydrogen-bond acceptors (Lipinski definition) is 2. The average Bonchev–Trinajstić information content (AvgIpc) is 3.17. The summed E-state index contributed by atoms with van der Waals surface area (Å²) in [5, 5.41) is 11.8. The Morgan fingerprint density at radius 1 is 1.35 bits per heavy atom.